The topological polar surface area (TPSA) is 42.0 Å². The summed E-state index contributed by atoms with van der Waals surface area (Å²) in [6, 6.07) is 10.1. The van der Waals surface area contributed by atoms with Crippen molar-refractivity contribution < 1.29 is 4.79 Å². The highest BCUT2D eigenvalue weighted by Crippen LogP contribution is 2.64. The van der Waals surface area contributed by atoms with Crippen LogP contribution < -0.4 is 5.32 Å². The van der Waals surface area contributed by atoms with E-state index in [9.17, 15) is 4.79 Å². The van der Waals surface area contributed by atoms with E-state index in [2.05, 4.69) is 26.2 Å². The summed E-state index contributed by atoms with van der Waals surface area (Å²) in [7, 11) is 0. The van der Waals surface area contributed by atoms with Crippen LogP contribution in [0.5, 0.6) is 0 Å². The lowest BCUT2D eigenvalue weighted by Crippen LogP contribution is -2.57. The van der Waals surface area contributed by atoms with Gasteiger partial charge in [0.25, 0.3) is 0 Å². The Hall–Kier alpha value is -1.20. The van der Waals surface area contributed by atoms with E-state index in [0.717, 1.165) is 35.7 Å². The zero-order chi connectivity index (χ0) is 17.1. The Bertz CT molecular complexity index is 804. The summed E-state index contributed by atoms with van der Waals surface area (Å²) in [6.45, 7) is 0. The van der Waals surface area contributed by atoms with Crippen LogP contribution in [0.1, 0.15) is 38.5 Å². The number of hydrogen-bond donors (Lipinski definition) is 1. The lowest BCUT2D eigenvalue weighted by molar-refractivity contribution is -0.138. The van der Waals surface area contributed by atoms with Gasteiger partial charge in [0.1, 0.15) is 0 Å². The first kappa shape index (κ1) is 16.0. The quantitative estimate of drug-likeness (QED) is 0.672. The first-order valence-corrected chi connectivity index (χ1v) is 10.7. The van der Waals surface area contributed by atoms with Crippen LogP contribution in [0, 0.1) is 17.3 Å². The molecule has 25 heavy (non-hydrogen) atoms. The molecule has 1 aromatic heterocycles. The Balaban J connectivity index is 1.37. The van der Waals surface area contributed by atoms with E-state index < -0.39 is 0 Å². The average Bonchev–Trinajstić information content (AvgIpc) is 3.02. The highest BCUT2D eigenvalue weighted by atomic mass is 79.9. The van der Waals surface area contributed by atoms with E-state index >= 15 is 0 Å². The Labute approximate surface area is 160 Å². The van der Waals surface area contributed by atoms with Crippen LogP contribution in [-0.2, 0) is 4.79 Å². The second-order valence-electron chi connectivity index (χ2n) is 8.25. The number of carbonyl (C=O) groups excluding carboxylic acids is 1. The van der Waals surface area contributed by atoms with Gasteiger partial charge in [0.2, 0.25) is 5.91 Å². The third-order valence-corrected chi connectivity index (χ3v) is 7.95. The van der Waals surface area contributed by atoms with Crippen LogP contribution >= 0.6 is 27.3 Å². The summed E-state index contributed by atoms with van der Waals surface area (Å²) >= 11 is 5.51. The van der Waals surface area contributed by atoms with Crippen molar-refractivity contribution in [1.29, 1.82) is 0 Å². The molecule has 3 nitrogen and oxygen atoms in total. The molecular formula is C20H21BrN2OS. The monoisotopic (exact) mass is 416 g/mol. The van der Waals surface area contributed by atoms with Crippen LogP contribution in [0.15, 0.2) is 35.7 Å². The number of halogens is 1. The second-order valence-corrected chi connectivity index (χ2v) is 10.8. The number of carbonyl (C=O) groups is 1. The zero-order valence-corrected chi connectivity index (χ0v) is 16.4. The molecule has 130 valence electrons. The molecule has 1 heterocycles. The largest absolute Gasteiger partial charge is 0.301 e. The molecule has 1 amide bonds. The summed E-state index contributed by atoms with van der Waals surface area (Å²) in [4.78, 5) is 17.8. The highest BCUT2D eigenvalue weighted by molar-refractivity contribution is 9.10. The third-order valence-electron chi connectivity index (χ3n) is 6.27. The Morgan fingerprint density at radius 2 is 1.88 bits per heavy atom. The molecule has 6 rings (SSSR count). The van der Waals surface area contributed by atoms with Crippen molar-refractivity contribution in [2.75, 3.05) is 5.32 Å². The number of benzene rings is 1. The third kappa shape index (κ3) is 2.76. The fourth-order valence-electron chi connectivity index (χ4n) is 5.72. The van der Waals surface area contributed by atoms with Gasteiger partial charge in [-0.2, -0.15) is 0 Å². The van der Waals surface area contributed by atoms with E-state index in [1.54, 1.807) is 0 Å². The molecule has 4 fully saturated rings. The van der Waals surface area contributed by atoms with Gasteiger partial charge in [0, 0.05) is 15.3 Å². The number of alkyl halides is 1. The predicted octanol–water partition coefficient (Wildman–Crippen LogP) is 5.48. The Morgan fingerprint density at radius 1 is 1.16 bits per heavy atom. The number of thiazole rings is 1. The molecule has 1 N–H and O–H groups in total. The van der Waals surface area contributed by atoms with E-state index in [1.165, 1.54) is 30.6 Å². The molecule has 0 saturated heterocycles. The number of hydrogen-bond acceptors (Lipinski definition) is 3. The number of anilines is 1. The minimum Gasteiger partial charge on any atom is -0.301 e. The van der Waals surface area contributed by atoms with E-state index in [0.29, 0.717) is 11.8 Å². The lowest BCUT2D eigenvalue weighted by Gasteiger charge is -2.59. The molecular weight excluding hydrogens is 396 g/mol. The standard InChI is InChI=1S/C20H21BrN2OS/c21-20-9-13-6-14(10-20)8-19(7-13,12-20)17(24)23-18-22-16(11-25-18)15-4-2-1-3-5-15/h1-5,11,13-14H,6-10,12H2,(H,22,23,24)/t13-,14+,19?,20?. The summed E-state index contributed by atoms with van der Waals surface area (Å²) in [6.07, 6.45) is 6.90. The van der Waals surface area contributed by atoms with Gasteiger partial charge in [0.05, 0.1) is 11.1 Å². The number of rotatable bonds is 3. The van der Waals surface area contributed by atoms with Gasteiger partial charge in [-0.05, 0) is 50.4 Å². The molecule has 2 unspecified atom stereocenters. The molecule has 4 bridgehead atoms. The van der Waals surface area contributed by atoms with Gasteiger partial charge < -0.3 is 5.32 Å². The Kier molecular flexibility index (Phi) is 3.62. The van der Waals surface area contributed by atoms with E-state index in [1.807, 2.05) is 35.7 Å². The number of aromatic nitrogens is 1. The zero-order valence-electron chi connectivity index (χ0n) is 14.0. The summed E-state index contributed by atoms with van der Waals surface area (Å²) in [5.74, 6) is 1.62. The molecule has 0 spiro atoms. The molecule has 2 aromatic rings. The Morgan fingerprint density at radius 3 is 2.56 bits per heavy atom. The molecule has 4 atom stereocenters. The second kappa shape index (κ2) is 5.65. The predicted molar refractivity (Wildman–Crippen MR) is 105 cm³/mol. The minimum atomic E-state index is -0.188. The SMILES string of the molecule is O=C(Nc1nc(-c2ccccc2)cs1)C12C[C@@H]3C[C@@H](CC(Br)(C3)C1)C2. The summed E-state index contributed by atoms with van der Waals surface area (Å²) in [5, 5.41) is 5.90. The molecule has 4 aliphatic carbocycles. The van der Waals surface area contributed by atoms with Gasteiger partial charge in [-0.25, -0.2) is 4.98 Å². The van der Waals surface area contributed by atoms with Gasteiger partial charge in [-0.1, -0.05) is 46.3 Å². The maximum atomic E-state index is 13.2. The fraction of sp³-hybridized carbons (Fsp3) is 0.500. The van der Waals surface area contributed by atoms with Crippen LogP contribution in [0.4, 0.5) is 5.13 Å². The number of nitrogens with one attached hydrogen (secondary N) is 1. The number of nitrogens with zero attached hydrogens (tertiary/aromatic N) is 1. The smallest absolute Gasteiger partial charge is 0.232 e. The summed E-state index contributed by atoms with van der Waals surface area (Å²) < 4.78 is 0.201. The van der Waals surface area contributed by atoms with Gasteiger partial charge in [0.15, 0.2) is 5.13 Å². The van der Waals surface area contributed by atoms with Gasteiger partial charge in [-0.3, -0.25) is 4.79 Å². The van der Waals surface area contributed by atoms with Crippen molar-refractivity contribution >= 4 is 38.3 Å². The maximum absolute atomic E-state index is 13.2. The molecule has 1 aromatic carbocycles. The van der Waals surface area contributed by atoms with Crippen molar-refractivity contribution in [2.45, 2.75) is 42.8 Å². The van der Waals surface area contributed by atoms with Gasteiger partial charge in [-0.15, -0.1) is 11.3 Å². The van der Waals surface area contributed by atoms with Crippen molar-refractivity contribution in [3.63, 3.8) is 0 Å². The average molecular weight is 417 g/mol. The van der Waals surface area contributed by atoms with Crippen LogP contribution in [0.25, 0.3) is 11.3 Å². The molecule has 4 aliphatic rings. The normalized spacial score (nSPS) is 35.7. The molecule has 4 saturated carbocycles. The fourth-order valence-corrected chi connectivity index (χ4v) is 7.89. The van der Waals surface area contributed by atoms with Crippen molar-refractivity contribution in [2.24, 2.45) is 17.3 Å². The van der Waals surface area contributed by atoms with Crippen LogP contribution in [-0.4, -0.2) is 15.2 Å². The van der Waals surface area contributed by atoms with Crippen molar-refractivity contribution in [1.82, 2.24) is 4.98 Å². The van der Waals surface area contributed by atoms with Crippen molar-refractivity contribution in [3.8, 4) is 11.3 Å². The number of amides is 1. The molecule has 0 aliphatic heterocycles. The van der Waals surface area contributed by atoms with Gasteiger partial charge >= 0.3 is 0 Å². The van der Waals surface area contributed by atoms with Crippen LogP contribution in [0.3, 0.4) is 0 Å². The highest BCUT2D eigenvalue weighted by Gasteiger charge is 2.59. The van der Waals surface area contributed by atoms with Crippen LogP contribution in [0.2, 0.25) is 0 Å². The van der Waals surface area contributed by atoms with E-state index in [4.69, 9.17) is 0 Å². The lowest BCUT2D eigenvalue weighted by atomic mass is 9.49. The van der Waals surface area contributed by atoms with E-state index in [-0.39, 0.29) is 15.6 Å². The first-order valence-electron chi connectivity index (χ1n) is 9.05. The molecule has 0 radical (unpaired) electrons. The van der Waals surface area contributed by atoms with Crippen molar-refractivity contribution in [3.05, 3.63) is 35.7 Å². The molecule has 5 heteroatoms. The maximum Gasteiger partial charge on any atom is 0.232 e. The first-order chi connectivity index (χ1) is 12.0. The summed E-state index contributed by atoms with van der Waals surface area (Å²) in [5.41, 5.74) is 1.84. The minimum absolute atomic E-state index is 0.188.